The number of rotatable bonds is 4. The van der Waals surface area contributed by atoms with Gasteiger partial charge in [-0.3, -0.25) is 0 Å². The van der Waals surface area contributed by atoms with E-state index in [-0.39, 0.29) is 0 Å². The Morgan fingerprint density at radius 1 is 1.04 bits per heavy atom. The standard InChI is InChI=1S/C17H12ClN5S/c18-13-8-9-15(23-24-16-7-3-6-14(20)21-16)22-17(13)12-5-2-1-4-11(12)10-19/h1-9H,(H2,20,21)(H,22,23). The number of nitrogens with two attached hydrogens (primary N) is 1. The van der Waals surface area contributed by atoms with E-state index < -0.39 is 0 Å². The van der Waals surface area contributed by atoms with Crippen molar-refractivity contribution >= 4 is 35.2 Å². The zero-order valence-electron chi connectivity index (χ0n) is 12.4. The Morgan fingerprint density at radius 3 is 2.67 bits per heavy atom. The summed E-state index contributed by atoms with van der Waals surface area (Å²) < 4.78 is 3.11. The first kappa shape index (κ1) is 16.1. The van der Waals surface area contributed by atoms with Crippen LogP contribution in [0.15, 0.2) is 59.6 Å². The van der Waals surface area contributed by atoms with Gasteiger partial charge in [-0.15, -0.1) is 0 Å². The fraction of sp³-hybridized carbons (Fsp3) is 0. The third kappa shape index (κ3) is 3.59. The van der Waals surface area contributed by atoms with Gasteiger partial charge in [0.25, 0.3) is 0 Å². The lowest BCUT2D eigenvalue weighted by Gasteiger charge is -2.09. The van der Waals surface area contributed by atoms with Gasteiger partial charge >= 0.3 is 0 Å². The highest BCUT2D eigenvalue weighted by atomic mass is 35.5. The summed E-state index contributed by atoms with van der Waals surface area (Å²) in [6, 6.07) is 18.3. The molecule has 7 heteroatoms. The van der Waals surface area contributed by atoms with Crippen molar-refractivity contribution in [1.29, 1.82) is 5.26 Å². The summed E-state index contributed by atoms with van der Waals surface area (Å²) in [6.07, 6.45) is 0. The molecule has 0 spiro atoms. The van der Waals surface area contributed by atoms with E-state index >= 15 is 0 Å². The van der Waals surface area contributed by atoms with Crippen molar-refractivity contribution in [3.63, 3.8) is 0 Å². The number of hydrogen-bond donors (Lipinski definition) is 2. The molecule has 0 unspecified atom stereocenters. The minimum Gasteiger partial charge on any atom is -0.384 e. The SMILES string of the molecule is N#Cc1ccccc1-c1nc(NSc2cccc(N)n2)ccc1Cl. The Labute approximate surface area is 148 Å². The predicted molar refractivity (Wildman–Crippen MR) is 97.5 cm³/mol. The van der Waals surface area contributed by atoms with Crippen LogP contribution in [0.4, 0.5) is 11.6 Å². The zero-order chi connectivity index (χ0) is 16.9. The summed E-state index contributed by atoms with van der Waals surface area (Å²) in [5.41, 5.74) is 7.44. The molecule has 118 valence electrons. The normalized spacial score (nSPS) is 10.2. The number of benzene rings is 1. The summed E-state index contributed by atoms with van der Waals surface area (Å²) in [5, 5.41) is 10.5. The Balaban J connectivity index is 1.88. The number of halogens is 1. The van der Waals surface area contributed by atoms with Crippen molar-refractivity contribution in [2.75, 3.05) is 10.5 Å². The van der Waals surface area contributed by atoms with Crippen LogP contribution in [0.3, 0.4) is 0 Å². The molecule has 0 bridgehead atoms. The van der Waals surface area contributed by atoms with E-state index in [1.165, 1.54) is 11.9 Å². The van der Waals surface area contributed by atoms with Crippen LogP contribution >= 0.6 is 23.5 Å². The largest absolute Gasteiger partial charge is 0.384 e. The van der Waals surface area contributed by atoms with E-state index in [9.17, 15) is 5.26 Å². The van der Waals surface area contributed by atoms with Gasteiger partial charge in [-0.05, 0) is 30.3 Å². The van der Waals surface area contributed by atoms with E-state index in [4.69, 9.17) is 17.3 Å². The van der Waals surface area contributed by atoms with E-state index in [1.54, 1.807) is 30.3 Å². The quantitative estimate of drug-likeness (QED) is 0.677. The van der Waals surface area contributed by atoms with Crippen LogP contribution < -0.4 is 10.5 Å². The average Bonchev–Trinajstić information content (AvgIpc) is 2.61. The number of nitriles is 1. The first-order valence-electron chi connectivity index (χ1n) is 6.99. The molecular weight excluding hydrogens is 342 g/mol. The summed E-state index contributed by atoms with van der Waals surface area (Å²) in [4.78, 5) is 8.71. The molecule has 0 aliphatic carbocycles. The fourth-order valence-electron chi connectivity index (χ4n) is 2.07. The van der Waals surface area contributed by atoms with Crippen molar-refractivity contribution in [3.8, 4) is 17.3 Å². The molecule has 5 nitrogen and oxygen atoms in total. The lowest BCUT2D eigenvalue weighted by molar-refractivity contribution is 1.15. The van der Waals surface area contributed by atoms with E-state index in [0.29, 0.717) is 33.5 Å². The second-order valence-electron chi connectivity index (χ2n) is 4.79. The molecule has 0 saturated carbocycles. The highest BCUT2D eigenvalue weighted by Crippen LogP contribution is 2.30. The maximum absolute atomic E-state index is 9.26. The van der Waals surface area contributed by atoms with E-state index in [0.717, 1.165) is 5.03 Å². The Hall–Kier alpha value is -2.75. The van der Waals surface area contributed by atoms with Gasteiger partial charge in [0.2, 0.25) is 0 Å². The first-order chi connectivity index (χ1) is 11.7. The van der Waals surface area contributed by atoms with Gasteiger partial charge in [-0.25, -0.2) is 9.97 Å². The summed E-state index contributed by atoms with van der Waals surface area (Å²) in [7, 11) is 0. The van der Waals surface area contributed by atoms with E-state index in [1.807, 2.05) is 24.3 Å². The van der Waals surface area contributed by atoms with Gasteiger partial charge < -0.3 is 10.5 Å². The van der Waals surface area contributed by atoms with Crippen LogP contribution in [0.2, 0.25) is 5.02 Å². The molecule has 0 atom stereocenters. The fourth-order valence-corrected chi connectivity index (χ4v) is 2.89. The highest BCUT2D eigenvalue weighted by Gasteiger charge is 2.11. The Bertz CT molecular complexity index is 923. The summed E-state index contributed by atoms with van der Waals surface area (Å²) in [5.74, 6) is 1.06. The molecule has 0 radical (unpaired) electrons. The van der Waals surface area contributed by atoms with Crippen molar-refractivity contribution in [1.82, 2.24) is 9.97 Å². The number of anilines is 2. The molecule has 0 aliphatic rings. The molecular formula is C17H12ClN5S. The zero-order valence-corrected chi connectivity index (χ0v) is 14.0. The molecule has 3 aromatic rings. The Morgan fingerprint density at radius 2 is 1.88 bits per heavy atom. The van der Waals surface area contributed by atoms with Crippen molar-refractivity contribution in [3.05, 3.63) is 65.2 Å². The molecule has 3 rings (SSSR count). The Kier molecular flexibility index (Phi) is 4.85. The molecule has 1 aromatic carbocycles. The minimum atomic E-state index is 0.453. The number of nitrogens with one attached hydrogen (secondary N) is 1. The van der Waals surface area contributed by atoms with Gasteiger partial charge in [0.1, 0.15) is 16.7 Å². The maximum Gasteiger partial charge on any atom is 0.136 e. The van der Waals surface area contributed by atoms with E-state index in [2.05, 4.69) is 20.8 Å². The molecule has 2 heterocycles. The third-order valence-corrected chi connectivity index (χ3v) is 4.21. The lowest BCUT2D eigenvalue weighted by Crippen LogP contribution is -1.96. The number of pyridine rings is 2. The molecule has 3 N–H and O–H groups in total. The third-order valence-electron chi connectivity index (χ3n) is 3.15. The molecule has 2 aromatic heterocycles. The number of nitrogens with zero attached hydrogens (tertiary/aromatic N) is 3. The number of nitrogen functional groups attached to an aromatic ring is 1. The molecule has 0 saturated heterocycles. The molecule has 0 fully saturated rings. The average molecular weight is 354 g/mol. The van der Waals surface area contributed by atoms with Crippen LogP contribution in [0.1, 0.15) is 5.56 Å². The monoisotopic (exact) mass is 353 g/mol. The van der Waals surface area contributed by atoms with Crippen LogP contribution in [0, 0.1) is 11.3 Å². The van der Waals surface area contributed by atoms with Gasteiger partial charge in [0, 0.05) is 17.5 Å². The van der Waals surface area contributed by atoms with Crippen LogP contribution in [0.5, 0.6) is 0 Å². The highest BCUT2D eigenvalue weighted by molar-refractivity contribution is 8.00. The lowest BCUT2D eigenvalue weighted by atomic mass is 10.1. The van der Waals surface area contributed by atoms with Gasteiger partial charge in [-0.1, -0.05) is 35.9 Å². The number of hydrogen-bond acceptors (Lipinski definition) is 6. The first-order valence-corrected chi connectivity index (χ1v) is 8.18. The summed E-state index contributed by atoms with van der Waals surface area (Å²) in [6.45, 7) is 0. The summed E-state index contributed by atoms with van der Waals surface area (Å²) >= 11 is 7.56. The van der Waals surface area contributed by atoms with Crippen molar-refractivity contribution in [2.45, 2.75) is 5.03 Å². The van der Waals surface area contributed by atoms with Crippen LogP contribution in [-0.4, -0.2) is 9.97 Å². The van der Waals surface area contributed by atoms with Gasteiger partial charge in [-0.2, -0.15) is 5.26 Å². The molecule has 24 heavy (non-hydrogen) atoms. The molecule has 0 amide bonds. The van der Waals surface area contributed by atoms with Gasteiger partial charge in [0.15, 0.2) is 0 Å². The molecule has 0 aliphatic heterocycles. The second-order valence-corrected chi connectivity index (χ2v) is 6.02. The predicted octanol–water partition coefficient (Wildman–Crippen LogP) is 4.37. The van der Waals surface area contributed by atoms with Gasteiger partial charge in [0.05, 0.1) is 22.3 Å². The smallest absolute Gasteiger partial charge is 0.136 e. The second kappa shape index (κ2) is 7.21. The van der Waals surface area contributed by atoms with Crippen molar-refractivity contribution < 1.29 is 0 Å². The maximum atomic E-state index is 9.26. The number of aromatic nitrogens is 2. The minimum absolute atomic E-state index is 0.453. The topological polar surface area (TPSA) is 87.6 Å². The van der Waals surface area contributed by atoms with Crippen molar-refractivity contribution in [2.24, 2.45) is 0 Å². The van der Waals surface area contributed by atoms with Crippen LogP contribution in [-0.2, 0) is 0 Å². The van der Waals surface area contributed by atoms with Crippen LogP contribution in [0.25, 0.3) is 11.3 Å².